The van der Waals surface area contributed by atoms with Crippen molar-refractivity contribution in [3.63, 3.8) is 0 Å². The van der Waals surface area contributed by atoms with Crippen molar-refractivity contribution < 1.29 is 14.6 Å². The highest BCUT2D eigenvalue weighted by Gasteiger charge is 2.16. The Labute approximate surface area is 192 Å². The molecule has 0 aliphatic carbocycles. The molecule has 3 nitrogen and oxygen atoms in total. The Kier molecular flexibility index (Phi) is 18.3. The van der Waals surface area contributed by atoms with E-state index in [0.29, 0.717) is 19.4 Å². The highest BCUT2D eigenvalue weighted by molar-refractivity contribution is 5.74. The minimum Gasteiger partial charge on any atom is -0.464 e. The Morgan fingerprint density at radius 3 is 1.68 bits per heavy atom. The molecule has 0 bridgehead atoms. The van der Waals surface area contributed by atoms with Crippen molar-refractivity contribution >= 4 is 5.97 Å². The van der Waals surface area contributed by atoms with E-state index in [4.69, 9.17) is 4.74 Å². The molecule has 1 aromatic carbocycles. The number of carbonyl (C=O) groups excluding carboxylic acids is 1. The van der Waals surface area contributed by atoms with Gasteiger partial charge in [0, 0.05) is 0 Å². The molecular formula is C28H48O3. The van der Waals surface area contributed by atoms with E-state index >= 15 is 0 Å². The van der Waals surface area contributed by atoms with E-state index in [0.717, 1.165) is 18.4 Å². The molecule has 0 fully saturated rings. The Balaban J connectivity index is 1.80. The van der Waals surface area contributed by atoms with Crippen molar-refractivity contribution in [2.75, 3.05) is 6.61 Å². The van der Waals surface area contributed by atoms with E-state index in [1.807, 2.05) is 30.3 Å². The van der Waals surface area contributed by atoms with Crippen LogP contribution in [0.5, 0.6) is 0 Å². The number of hydrogen-bond acceptors (Lipinski definition) is 3. The first-order chi connectivity index (χ1) is 15.2. The van der Waals surface area contributed by atoms with Crippen LogP contribution in [0.3, 0.4) is 0 Å². The maximum absolute atomic E-state index is 11.9. The highest BCUT2D eigenvalue weighted by atomic mass is 16.5. The van der Waals surface area contributed by atoms with Crippen LogP contribution in [0, 0.1) is 0 Å². The number of benzene rings is 1. The third-order valence-corrected chi connectivity index (χ3v) is 6.06. The predicted octanol–water partition coefficient (Wildman–Crippen LogP) is 7.78. The van der Waals surface area contributed by atoms with Crippen molar-refractivity contribution in [3.05, 3.63) is 35.9 Å². The lowest BCUT2D eigenvalue weighted by Gasteiger charge is -2.10. The van der Waals surface area contributed by atoms with Gasteiger partial charge in [-0.05, 0) is 24.8 Å². The fourth-order valence-corrected chi connectivity index (χ4v) is 3.99. The zero-order valence-electron chi connectivity index (χ0n) is 20.2. The number of aliphatic hydroxyl groups is 1. The van der Waals surface area contributed by atoms with Crippen LogP contribution in [0.2, 0.25) is 0 Å². The molecule has 0 aromatic heterocycles. The van der Waals surface area contributed by atoms with Gasteiger partial charge in [-0.2, -0.15) is 0 Å². The van der Waals surface area contributed by atoms with Gasteiger partial charge in [-0.1, -0.05) is 134 Å². The summed E-state index contributed by atoms with van der Waals surface area (Å²) in [6, 6.07) is 9.92. The second-order valence-electron chi connectivity index (χ2n) is 9.01. The predicted molar refractivity (Wildman–Crippen MR) is 131 cm³/mol. The summed E-state index contributed by atoms with van der Waals surface area (Å²) in [6.45, 7) is 2.71. The number of esters is 1. The summed E-state index contributed by atoms with van der Waals surface area (Å²) in [4.78, 5) is 11.9. The van der Waals surface area contributed by atoms with E-state index in [2.05, 4.69) is 6.92 Å². The van der Waals surface area contributed by atoms with Gasteiger partial charge < -0.3 is 9.84 Å². The van der Waals surface area contributed by atoms with E-state index in [-0.39, 0.29) is 0 Å². The van der Waals surface area contributed by atoms with Gasteiger partial charge in [0.1, 0.15) is 0 Å². The summed E-state index contributed by atoms with van der Waals surface area (Å²) < 4.78 is 5.22. The maximum atomic E-state index is 11.9. The average molecular weight is 433 g/mol. The van der Waals surface area contributed by atoms with Crippen LogP contribution < -0.4 is 0 Å². The third-order valence-electron chi connectivity index (χ3n) is 6.06. The molecule has 0 aliphatic heterocycles. The van der Waals surface area contributed by atoms with E-state index < -0.39 is 12.1 Å². The molecule has 178 valence electrons. The smallest absolute Gasteiger partial charge is 0.334 e. The Hall–Kier alpha value is -1.35. The highest BCUT2D eigenvalue weighted by Crippen LogP contribution is 2.14. The second kappa shape index (κ2) is 20.5. The third kappa shape index (κ3) is 16.9. The van der Waals surface area contributed by atoms with Crippen LogP contribution in [-0.4, -0.2) is 23.8 Å². The fourth-order valence-electron chi connectivity index (χ4n) is 3.99. The van der Waals surface area contributed by atoms with Crippen LogP contribution in [0.25, 0.3) is 0 Å². The minimum atomic E-state index is -1.01. The zero-order chi connectivity index (χ0) is 22.4. The van der Waals surface area contributed by atoms with Crippen molar-refractivity contribution in [2.45, 2.75) is 129 Å². The molecule has 1 N–H and O–H groups in total. The van der Waals surface area contributed by atoms with Gasteiger partial charge in [0.2, 0.25) is 0 Å². The van der Waals surface area contributed by atoms with Crippen LogP contribution in [0.4, 0.5) is 0 Å². The first-order valence-corrected chi connectivity index (χ1v) is 13.1. The quantitative estimate of drug-likeness (QED) is 0.159. The summed E-state index contributed by atoms with van der Waals surface area (Å²) in [6.07, 6.45) is 21.4. The monoisotopic (exact) mass is 432 g/mol. The summed E-state index contributed by atoms with van der Waals surface area (Å²) in [5.74, 6) is -0.475. The van der Waals surface area contributed by atoms with Gasteiger partial charge in [0.05, 0.1) is 6.61 Å². The molecule has 31 heavy (non-hydrogen) atoms. The van der Waals surface area contributed by atoms with Crippen LogP contribution in [-0.2, 0) is 16.0 Å². The lowest BCUT2D eigenvalue weighted by molar-refractivity contribution is -0.153. The van der Waals surface area contributed by atoms with E-state index in [1.54, 1.807) is 0 Å². The van der Waals surface area contributed by atoms with Crippen LogP contribution in [0.1, 0.15) is 122 Å². The Morgan fingerprint density at radius 2 is 1.19 bits per heavy atom. The molecule has 1 atom stereocenters. The first-order valence-electron chi connectivity index (χ1n) is 13.1. The SMILES string of the molecule is CCCCCCCCCCCCCCCCCCOC(=O)C(O)CCc1ccccc1. The maximum Gasteiger partial charge on any atom is 0.334 e. The molecule has 0 radical (unpaired) electrons. The molecule has 3 heteroatoms. The molecule has 1 aromatic rings. The van der Waals surface area contributed by atoms with Gasteiger partial charge in [-0.15, -0.1) is 0 Å². The molecular weight excluding hydrogens is 384 g/mol. The first kappa shape index (κ1) is 27.7. The van der Waals surface area contributed by atoms with Gasteiger partial charge in [0.15, 0.2) is 6.10 Å². The normalized spacial score (nSPS) is 12.1. The molecule has 0 saturated carbocycles. The Bertz CT molecular complexity index is 514. The number of rotatable bonds is 21. The molecule has 1 unspecified atom stereocenters. The summed E-state index contributed by atoms with van der Waals surface area (Å²) in [5, 5.41) is 9.94. The van der Waals surface area contributed by atoms with Crippen molar-refractivity contribution in [1.82, 2.24) is 0 Å². The minimum absolute atomic E-state index is 0.418. The van der Waals surface area contributed by atoms with Gasteiger partial charge in [-0.25, -0.2) is 4.79 Å². The van der Waals surface area contributed by atoms with Crippen LogP contribution >= 0.6 is 0 Å². The van der Waals surface area contributed by atoms with E-state index in [9.17, 15) is 9.90 Å². The number of carbonyl (C=O) groups is 1. The molecule has 0 amide bonds. The molecule has 1 rings (SSSR count). The van der Waals surface area contributed by atoms with Crippen molar-refractivity contribution in [3.8, 4) is 0 Å². The number of aliphatic hydroxyl groups excluding tert-OH is 1. The molecule has 0 saturated heterocycles. The zero-order valence-corrected chi connectivity index (χ0v) is 20.2. The summed E-state index contributed by atoms with van der Waals surface area (Å²) in [7, 11) is 0. The van der Waals surface area contributed by atoms with Gasteiger partial charge in [-0.3, -0.25) is 0 Å². The standard InChI is InChI=1S/C28H48O3/c1-2-3-4-5-6-7-8-9-10-11-12-13-14-15-16-20-25-31-28(30)27(29)24-23-26-21-18-17-19-22-26/h17-19,21-22,27,29H,2-16,20,23-25H2,1H3. The molecule has 0 heterocycles. The number of hydrogen-bond donors (Lipinski definition) is 1. The Morgan fingerprint density at radius 1 is 0.742 bits per heavy atom. The van der Waals surface area contributed by atoms with Crippen molar-refractivity contribution in [1.29, 1.82) is 0 Å². The van der Waals surface area contributed by atoms with Crippen molar-refractivity contribution in [2.24, 2.45) is 0 Å². The number of unbranched alkanes of at least 4 members (excludes halogenated alkanes) is 15. The van der Waals surface area contributed by atoms with Crippen LogP contribution in [0.15, 0.2) is 30.3 Å². The number of ether oxygens (including phenoxy) is 1. The van der Waals surface area contributed by atoms with E-state index in [1.165, 1.54) is 89.9 Å². The lowest BCUT2D eigenvalue weighted by atomic mass is 10.0. The summed E-state index contributed by atoms with van der Waals surface area (Å²) >= 11 is 0. The number of aryl methyl sites for hydroxylation is 1. The molecule has 0 aliphatic rings. The topological polar surface area (TPSA) is 46.5 Å². The fraction of sp³-hybridized carbons (Fsp3) is 0.750. The largest absolute Gasteiger partial charge is 0.464 e. The lowest BCUT2D eigenvalue weighted by Crippen LogP contribution is -2.24. The molecule has 0 spiro atoms. The van der Waals surface area contributed by atoms with Gasteiger partial charge >= 0.3 is 5.97 Å². The van der Waals surface area contributed by atoms with Gasteiger partial charge in [0.25, 0.3) is 0 Å². The second-order valence-corrected chi connectivity index (χ2v) is 9.01. The summed E-state index contributed by atoms with van der Waals surface area (Å²) in [5.41, 5.74) is 1.13. The average Bonchev–Trinajstić information content (AvgIpc) is 2.80.